The molecule has 0 spiro atoms. The summed E-state index contributed by atoms with van der Waals surface area (Å²) in [5.74, 6) is -0.810. The van der Waals surface area contributed by atoms with Gasteiger partial charge in [0.1, 0.15) is 12.3 Å². The summed E-state index contributed by atoms with van der Waals surface area (Å²) in [6.45, 7) is 1.83. The predicted molar refractivity (Wildman–Crippen MR) is 70.7 cm³/mol. The van der Waals surface area contributed by atoms with Crippen LogP contribution in [0, 0.1) is 0 Å². The molecule has 0 aromatic carbocycles. The van der Waals surface area contributed by atoms with Gasteiger partial charge in [0, 0.05) is 6.20 Å². The van der Waals surface area contributed by atoms with E-state index < -0.39 is 17.7 Å². The third-order valence-electron chi connectivity index (χ3n) is 2.10. The Morgan fingerprint density at radius 1 is 1.57 bits per heavy atom. The van der Waals surface area contributed by atoms with Crippen molar-refractivity contribution in [2.24, 2.45) is 10.8 Å². The highest BCUT2D eigenvalue weighted by Gasteiger charge is 2.31. The largest absolute Gasteiger partial charge is 0.466 e. The second-order valence-electron chi connectivity index (χ2n) is 3.75. The number of alkyl halides is 3. The van der Waals surface area contributed by atoms with Crippen molar-refractivity contribution in [2.75, 3.05) is 12.0 Å². The number of nitrogens with one attached hydrogen (secondary N) is 1. The lowest BCUT2D eigenvalue weighted by Gasteiger charge is -2.09. The maximum absolute atomic E-state index is 12.4. The number of amidine groups is 1. The van der Waals surface area contributed by atoms with Crippen LogP contribution in [0.1, 0.15) is 18.9 Å². The van der Waals surface area contributed by atoms with Crippen LogP contribution in [0.3, 0.4) is 0 Å². The standard InChI is InChI=1S/C11H12ClF3N4O2/c1-2-21-9(20)4-8(16)18-19-10-7(12)3-6(5-17-10)11(13,14)15/h3,5H,2,4H2,1H3,(H2,16,18)(H,17,19). The Balaban J connectivity index is 2.73. The number of ether oxygens (including phenoxy) is 1. The maximum atomic E-state index is 12.4. The molecule has 0 radical (unpaired) electrons. The van der Waals surface area contributed by atoms with E-state index in [1.54, 1.807) is 6.92 Å². The molecule has 0 aliphatic carbocycles. The molecule has 6 nitrogen and oxygen atoms in total. The summed E-state index contributed by atoms with van der Waals surface area (Å²) in [4.78, 5) is 14.6. The number of anilines is 1. The summed E-state index contributed by atoms with van der Waals surface area (Å²) in [5, 5.41) is 3.30. The Morgan fingerprint density at radius 3 is 2.76 bits per heavy atom. The Hall–Kier alpha value is -2.03. The second-order valence-corrected chi connectivity index (χ2v) is 4.16. The molecule has 0 aliphatic rings. The minimum absolute atomic E-state index is 0.114. The first-order chi connectivity index (χ1) is 9.74. The first-order valence-corrected chi connectivity index (χ1v) is 6.08. The number of hydrogen-bond donors (Lipinski definition) is 2. The zero-order valence-electron chi connectivity index (χ0n) is 10.9. The summed E-state index contributed by atoms with van der Waals surface area (Å²) in [6, 6.07) is 0.702. The van der Waals surface area contributed by atoms with Gasteiger partial charge in [0.05, 0.1) is 17.2 Å². The van der Waals surface area contributed by atoms with Crippen LogP contribution in [0.2, 0.25) is 5.02 Å². The number of nitrogens with two attached hydrogens (primary N) is 1. The SMILES string of the molecule is CCOC(=O)CC(N)=NNc1ncc(C(F)(F)F)cc1Cl. The second kappa shape index (κ2) is 7.11. The van der Waals surface area contributed by atoms with Crippen LogP contribution in [-0.2, 0) is 15.7 Å². The summed E-state index contributed by atoms with van der Waals surface area (Å²) >= 11 is 5.65. The zero-order valence-corrected chi connectivity index (χ0v) is 11.6. The fraction of sp³-hybridized carbons (Fsp3) is 0.364. The van der Waals surface area contributed by atoms with E-state index in [1.165, 1.54) is 0 Å². The lowest BCUT2D eigenvalue weighted by Crippen LogP contribution is -2.20. The minimum Gasteiger partial charge on any atom is -0.466 e. The predicted octanol–water partition coefficient (Wildman–Crippen LogP) is 2.39. The number of pyridine rings is 1. The molecule has 1 rings (SSSR count). The number of carbonyl (C=O) groups excluding carboxylic acids is 1. The van der Waals surface area contributed by atoms with Crippen molar-refractivity contribution in [1.29, 1.82) is 0 Å². The summed E-state index contributed by atoms with van der Waals surface area (Å²) < 4.78 is 41.9. The van der Waals surface area contributed by atoms with E-state index in [0.717, 1.165) is 0 Å². The van der Waals surface area contributed by atoms with Crippen molar-refractivity contribution in [3.05, 3.63) is 22.8 Å². The highest BCUT2D eigenvalue weighted by atomic mass is 35.5. The van der Waals surface area contributed by atoms with Crippen LogP contribution in [0.4, 0.5) is 19.0 Å². The van der Waals surface area contributed by atoms with Crippen molar-refractivity contribution >= 4 is 29.2 Å². The number of halogens is 4. The molecule has 116 valence electrons. The lowest BCUT2D eigenvalue weighted by molar-refractivity contribution is -0.141. The zero-order chi connectivity index (χ0) is 16.0. The van der Waals surface area contributed by atoms with Gasteiger partial charge < -0.3 is 10.5 Å². The van der Waals surface area contributed by atoms with Crippen molar-refractivity contribution in [3.8, 4) is 0 Å². The summed E-state index contributed by atoms with van der Waals surface area (Å²) in [6.07, 6.45) is -4.20. The van der Waals surface area contributed by atoms with Gasteiger partial charge in [-0.15, -0.1) is 0 Å². The molecular weight excluding hydrogens is 313 g/mol. The minimum atomic E-state index is -4.54. The molecule has 1 aromatic rings. The van der Waals surface area contributed by atoms with Gasteiger partial charge in [0.25, 0.3) is 0 Å². The monoisotopic (exact) mass is 324 g/mol. The normalized spacial score (nSPS) is 12.1. The van der Waals surface area contributed by atoms with Crippen LogP contribution in [0.15, 0.2) is 17.4 Å². The molecule has 0 unspecified atom stereocenters. The molecule has 0 fully saturated rings. The number of rotatable bonds is 5. The molecule has 0 bridgehead atoms. The number of hydrogen-bond acceptors (Lipinski definition) is 5. The number of carbonyl (C=O) groups is 1. The van der Waals surface area contributed by atoms with E-state index in [1.807, 2.05) is 0 Å². The van der Waals surface area contributed by atoms with Crippen molar-refractivity contribution in [1.82, 2.24) is 4.98 Å². The third kappa shape index (κ3) is 5.46. The first-order valence-electron chi connectivity index (χ1n) is 5.70. The molecule has 0 aliphatic heterocycles. The van der Waals surface area contributed by atoms with Gasteiger partial charge in [-0.2, -0.15) is 18.3 Å². The van der Waals surface area contributed by atoms with Gasteiger partial charge in [-0.1, -0.05) is 11.6 Å². The van der Waals surface area contributed by atoms with E-state index in [-0.39, 0.29) is 29.7 Å². The van der Waals surface area contributed by atoms with Crippen LogP contribution >= 0.6 is 11.6 Å². The Kier molecular flexibility index (Phi) is 5.77. The molecule has 0 amide bonds. The van der Waals surface area contributed by atoms with Gasteiger partial charge in [-0.05, 0) is 13.0 Å². The van der Waals surface area contributed by atoms with E-state index in [2.05, 4.69) is 20.2 Å². The van der Waals surface area contributed by atoms with Crippen molar-refractivity contribution in [3.63, 3.8) is 0 Å². The van der Waals surface area contributed by atoms with Gasteiger partial charge in [-0.3, -0.25) is 10.2 Å². The Bertz CT molecular complexity index is 549. The highest BCUT2D eigenvalue weighted by Crippen LogP contribution is 2.32. The highest BCUT2D eigenvalue weighted by molar-refractivity contribution is 6.33. The molecule has 0 saturated heterocycles. The first kappa shape index (κ1) is 17.0. The average Bonchev–Trinajstić information content (AvgIpc) is 2.36. The van der Waals surface area contributed by atoms with Gasteiger partial charge in [0.15, 0.2) is 5.82 Å². The van der Waals surface area contributed by atoms with Gasteiger partial charge in [0.2, 0.25) is 0 Å². The van der Waals surface area contributed by atoms with Crippen LogP contribution < -0.4 is 11.2 Å². The van der Waals surface area contributed by atoms with Gasteiger partial charge >= 0.3 is 12.1 Å². The molecule has 1 heterocycles. The third-order valence-corrected chi connectivity index (χ3v) is 2.39. The lowest BCUT2D eigenvalue weighted by atomic mass is 10.3. The van der Waals surface area contributed by atoms with E-state index in [9.17, 15) is 18.0 Å². The van der Waals surface area contributed by atoms with Gasteiger partial charge in [-0.25, -0.2) is 4.98 Å². The topological polar surface area (TPSA) is 89.6 Å². The van der Waals surface area contributed by atoms with Crippen LogP contribution in [-0.4, -0.2) is 23.4 Å². The molecule has 3 N–H and O–H groups in total. The number of nitrogens with zero attached hydrogens (tertiary/aromatic N) is 2. The summed E-state index contributed by atoms with van der Waals surface area (Å²) in [5.41, 5.74) is 6.74. The molecular formula is C11H12ClF3N4O2. The van der Waals surface area contributed by atoms with Crippen molar-refractivity contribution in [2.45, 2.75) is 19.5 Å². The Labute approximate surface area is 123 Å². The quantitative estimate of drug-likeness (QED) is 0.376. The van der Waals surface area contributed by atoms with Crippen LogP contribution in [0.25, 0.3) is 0 Å². The molecule has 0 saturated carbocycles. The number of aromatic nitrogens is 1. The molecule has 10 heteroatoms. The fourth-order valence-corrected chi connectivity index (χ4v) is 1.41. The average molecular weight is 325 g/mol. The molecule has 0 atom stereocenters. The Morgan fingerprint density at radius 2 is 2.24 bits per heavy atom. The van der Waals surface area contributed by atoms with Crippen molar-refractivity contribution < 1.29 is 22.7 Å². The molecule has 1 aromatic heterocycles. The van der Waals surface area contributed by atoms with Crippen LogP contribution in [0.5, 0.6) is 0 Å². The van der Waals surface area contributed by atoms with E-state index in [4.69, 9.17) is 17.3 Å². The number of hydrazone groups is 1. The smallest absolute Gasteiger partial charge is 0.417 e. The number of esters is 1. The van der Waals surface area contributed by atoms with E-state index in [0.29, 0.717) is 12.3 Å². The fourth-order valence-electron chi connectivity index (χ4n) is 1.20. The van der Waals surface area contributed by atoms with E-state index >= 15 is 0 Å². The summed E-state index contributed by atoms with van der Waals surface area (Å²) in [7, 11) is 0. The molecule has 21 heavy (non-hydrogen) atoms. The maximum Gasteiger partial charge on any atom is 0.417 e.